The van der Waals surface area contributed by atoms with Gasteiger partial charge in [-0.1, -0.05) is 29.8 Å². The van der Waals surface area contributed by atoms with Crippen LogP contribution in [0.3, 0.4) is 0 Å². The van der Waals surface area contributed by atoms with Gasteiger partial charge in [-0.2, -0.15) is 22.6 Å². The van der Waals surface area contributed by atoms with Gasteiger partial charge in [-0.05, 0) is 12.5 Å². The lowest BCUT2D eigenvalue weighted by Gasteiger charge is -2.32. The maximum atomic E-state index is 12.9. The number of carboxylic acids is 1. The molecule has 1 aliphatic heterocycles. The molecule has 0 spiro atoms. The van der Waals surface area contributed by atoms with Crippen molar-refractivity contribution in [2.24, 2.45) is 7.05 Å². The topological polar surface area (TPSA) is 102 Å². The number of ether oxygens (including phenoxy) is 1. The predicted molar refractivity (Wildman–Crippen MR) is 106 cm³/mol. The van der Waals surface area contributed by atoms with E-state index in [1.54, 1.807) is 16.1 Å². The van der Waals surface area contributed by atoms with Gasteiger partial charge in [0.05, 0.1) is 30.8 Å². The molecule has 0 saturated heterocycles. The van der Waals surface area contributed by atoms with Crippen LogP contribution in [0.15, 0.2) is 30.5 Å². The Labute approximate surface area is 178 Å². The minimum atomic E-state index is -5.08. The highest BCUT2D eigenvalue weighted by Gasteiger charge is 2.38. The number of fused-ring (bicyclic) bond motifs is 1. The zero-order valence-electron chi connectivity index (χ0n) is 17.3. The molecule has 2 heterocycles. The van der Waals surface area contributed by atoms with Crippen molar-refractivity contribution in [3.05, 3.63) is 52.8 Å². The van der Waals surface area contributed by atoms with Crippen molar-refractivity contribution in [1.29, 1.82) is 0 Å². The third-order valence-corrected chi connectivity index (χ3v) is 6.52. The molecule has 1 aromatic carbocycles. The third-order valence-electron chi connectivity index (χ3n) is 4.76. The molecule has 1 N–H and O–H groups in total. The molecule has 0 bridgehead atoms. The van der Waals surface area contributed by atoms with Crippen molar-refractivity contribution in [2.45, 2.75) is 31.3 Å². The molecule has 1 aromatic heterocycles. The second-order valence-electron chi connectivity index (χ2n) is 7.16. The Morgan fingerprint density at radius 3 is 2.39 bits per heavy atom. The Morgan fingerprint density at radius 2 is 1.87 bits per heavy atom. The monoisotopic (exact) mass is 463 g/mol. The Hall–Kier alpha value is -2.44. The van der Waals surface area contributed by atoms with Gasteiger partial charge >= 0.3 is 12.1 Å². The first-order chi connectivity index (χ1) is 14.3. The van der Waals surface area contributed by atoms with Crippen molar-refractivity contribution in [3.63, 3.8) is 0 Å². The average Bonchev–Trinajstić information content (AvgIpc) is 3.05. The van der Waals surface area contributed by atoms with Crippen LogP contribution in [0.25, 0.3) is 0 Å². The van der Waals surface area contributed by atoms with Crippen molar-refractivity contribution in [2.75, 3.05) is 20.3 Å². The van der Waals surface area contributed by atoms with Crippen LogP contribution < -0.4 is 0 Å². The second kappa shape index (κ2) is 9.79. The van der Waals surface area contributed by atoms with Crippen molar-refractivity contribution < 1.29 is 36.2 Å². The lowest BCUT2D eigenvalue weighted by Crippen LogP contribution is -2.40. The fourth-order valence-electron chi connectivity index (χ4n) is 3.13. The third kappa shape index (κ3) is 6.52. The molecular weight excluding hydrogens is 439 g/mol. The Balaban J connectivity index is 0.000000423. The van der Waals surface area contributed by atoms with Gasteiger partial charge in [-0.15, -0.1) is 0 Å². The number of sulfonamides is 1. The fraction of sp³-hybridized carbons (Fsp3) is 0.474. The van der Waals surface area contributed by atoms with Gasteiger partial charge in [0.15, 0.2) is 0 Å². The zero-order chi connectivity index (χ0) is 23.4. The van der Waals surface area contributed by atoms with Crippen LogP contribution in [-0.2, 0) is 38.9 Å². The van der Waals surface area contributed by atoms with E-state index in [-0.39, 0.29) is 11.7 Å². The summed E-state index contributed by atoms with van der Waals surface area (Å²) in [4.78, 5) is 8.90. The van der Waals surface area contributed by atoms with E-state index in [4.69, 9.17) is 14.6 Å². The van der Waals surface area contributed by atoms with Crippen LogP contribution in [0.2, 0.25) is 0 Å². The molecule has 1 atom stereocenters. The molecular formula is C19H24F3N3O5S. The molecule has 8 nitrogen and oxygen atoms in total. The predicted octanol–water partition coefficient (Wildman–Crippen LogP) is 2.44. The summed E-state index contributed by atoms with van der Waals surface area (Å²) in [7, 11) is 0.0796. The summed E-state index contributed by atoms with van der Waals surface area (Å²) in [5.41, 5.74) is 3.95. The number of alkyl halides is 3. The van der Waals surface area contributed by atoms with E-state index in [0.717, 1.165) is 22.4 Å². The van der Waals surface area contributed by atoms with E-state index in [1.807, 2.05) is 44.4 Å². The molecule has 2 aromatic rings. The fourth-order valence-corrected chi connectivity index (χ4v) is 4.65. The maximum absolute atomic E-state index is 12.9. The molecule has 1 unspecified atom stereocenters. The summed E-state index contributed by atoms with van der Waals surface area (Å²) < 4.78 is 66.1. The first kappa shape index (κ1) is 24.8. The van der Waals surface area contributed by atoms with Gasteiger partial charge < -0.3 is 9.84 Å². The van der Waals surface area contributed by atoms with Crippen LogP contribution in [0.5, 0.6) is 0 Å². The quantitative estimate of drug-likeness (QED) is 0.731. The number of halogens is 3. The number of nitrogens with zero attached hydrogens (tertiary/aromatic N) is 3. The number of hydrogen-bond donors (Lipinski definition) is 1. The largest absolute Gasteiger partial charge is 0.490 e. The summed E-state index contributed by atoms with van der Waals surface area (Å²) in [6.45, 7) is 3.26. The van der Waals surface area contributed by atoms with Gasteiger partial charge in [0, 0.05) is 32.2 Å². The van der Waals surface area contributed by atoms with E-state index in [1.165, 1.54) is 0 Å². The van der Waals surface area contributed by atoms with Gasteiger partial charge in [0.25, 0.3) is 0 Å². The highest BCUT2D eigenvalue weighted by molar-refractivity contribution is 7.88. The number of methoxy groups -OCH3 is 1. The van der Waals surface area contributed by atoms with E-state index in [2.05, 4.69) is 5.10 Å². The lowest BCUT2D eigenvalue weighted by atomic mass is 9.97. The number of aliphatic carboxylic acids is 1. The van der Waals surface area contributed by atoms with Crippen molar-refractivity contribution in [1.82, 2.24) is 14.1 Å². The van der Waals surface area contributed by atoms with E-state index < -0.39 is 22.2 Å². The number of benzene rings is 1. The summed E-state index contributed by atoms with van der Waals surface area (Å²) in [5.74, 6) is -2.73. The number of rotatable bonds is 5. The lowest BCUT2D eigenvalue weighted by molar-refractivity contribution is -0.192. The molecule has 0 radical (unpaired) electrons. The summed E-state index contributed by atoms with van der Waals surface area (Å²) in [6, 6.07) is 7.62. The first-order valence-electron chi connectivity index (χ1n) is 9.18. The zero-order valence-corrected chi connectivity index (χ0v) is 18.1. The molecule has 3 rings (SSSR count). The molecule has 31 heavy (non-hydrogen) atoms. The van der Waals surface area contributed by atoms with Crippen LogP contribution >= 0.6 is 0 Å². The molecule has 0 fully saturated rings. The van der Waals surface area contributed by atoms with Gasteiger partial charge in [0.2, 0.25) is 10.0 Å². The molecule has 12 heteroatoms. The summed E-state index contributed by atoms with van der Waals surface area (Å²) in [6.07, 6.45) is -3.26. The van der Waals surface area contributed by atoms with Gasteiger partial charge in [-0.25, -0.2) is 13.2 Å². The van der Waals surface area contributed by atoms with Crippen molar-refractivity contribution >= 4 is 16.0 Å². The van der Waals surface area contributed by atoms with Gasteiger partial charge in [0.1, 0.15) is 0 Å². The summed E-state index contributed by atoms with van der Waals surface area (Å²) >= 11 is 0. The van der Waals surface area contributed by atoms with E-state index in [9.17, 15) is 21.6 Å². The molecule has 0 saturated carbocycles. The standard InChI is InChI=1S/C17H23N3O3S.C2HF3O2/c1-13-4-6-14(7-5-13)12-24(21,22)20-9-15(11-23-3)16-8-18-19(2)17(16)10-20;3-2(4,5)1(6)7/h4-8,15H,9-12H2,1-3H3;(H,6,7). The Bertz CT molecular complexity index is 1000. The highest BCUT2D eigenvalue weighted by atomic mass is 32.2. The highest BCUT2D eigenvalue weighted by Crippen LogP contribution is 2.30. The maximum Gasteiger partial charge on any atom is 0.490 e. The van der Waals surface area contributed by atoms with E-state index in [0.29, 0.717) is 19.7 Å². The number of aromatic nitrogens is 2. The molecule has 172 valence electrons. The van der Waals surface area contributed by atoms with Crippen LogP contribution in [0, 0.1) is 6.92 Å². The number of hydrogen-bond acceptors (Lipinski definition) is 5. The first-order valence-corrected chi connectivity index (χ1v) is 10.8. The smallest absolute Gasteiger partial charge is 0.475 e. The Morgan fingerprint density at radius 1 is 1.29 bits per heavy atom. The SMILES string of the molecule is COCC1CN(S(=O)(=O)Cc2ccc(C)cc2)Cc2c1cnn2C.O=C(O)C(F)(F)F. The average molecular weight is 463 g/mol. The molecule has 0 amide bonds. The Kier molecular flexibility index (Phi) is 7.84. The van der Waals surface area contributed by atoms with Crippen LogP contribution in [-0.4, -0.2) is 60.0 Å². The summed E-state index contributed by atoms with van der Waals surface area (Å²) in [5, 5.41) is 11.4. The van der Waals surface area contributed by atoms with Crippen LogP contribution in [0.1, 0.15) is 28.3 Å². The van der Waals surface area contributed by atoms with Gasteiger partial charge in [-0.3, -0.25) is 4.68 Å². The molecule has 0 aliphatic carbocycles. The number of carbonyl (C=O) groups is 1. The number of aryl methyl sites for hydroxylation is 2. The minimum absolute atomic E-state index is 0.0141. The van der Waals surface area contributed by atoms with Crippen LogP contribution in [0.4, 0.5) is 13.2 Å². The second-order valence-corrected chi connectivity index (χ2v) is 9.13. The molecule has 1 aliphatic rings. The van der Waals surface area contributed by atoms with E-state index >= 15 is 0 Å². The number of carboxylic acid groups (broad SMARTS) is 1. The minimum Gasteiger partial charge on any atom is -0.475 e. The normalized spacial score (nSPS) is 16.9. The van der Waals surface area contributed by atoms with Crippen molar-refractivity contribution in [3.8, 4) is 0 Å².